The third kappa shape index (κ3) is 4.51. The summed E-state index contributed by atoms with van der Waals surface area (Å²) >= 11 is 0. The molecule has 1 aromatic rings. The van der Waals surface area contributed by atoms with E-state index in [1.807, 2.05) is 0 Å². The van der Waals surface area contributed by atoms with Gasteiger partial charge in [-0.25, -0.2) is 17.1 Å². The predicted molar refractivity (Wildman–Crippen MR) is 86.9 cm³/mol. The topological polar surface area (TPSA) is 57.7 Å². The van der Waals surface area contributed by atoms with Crippen LogP contribution in [-0.2, 0) is 21.2 Å². The number of hydrogen-bond donors (Lipinski definition) is 0. The highest BCUT2D eigenvalue weighted by molar-refractivity contribution is 7.89. The number of halogens is 1. The minimum absolute atomic E-state index is 0.0462. The van der Waals surface area contributed by atoms with Gasteiger partial charge in [-0.2, -0.15) is 0 Å². The molecule has 1 fully saturated rings. The van der Waals surface area contributed by atoms with E-state index in [1.54, 1.807) is 31.0 Å². The van der Waals surface area contributed by atoms with Crippen LogP contribution in [0.2, 0.25) is 0 Å². The highest BCUT2D eigenvalue weighted by atomic mass is 32.2. The molecule has 1 saturated heterocycles. The van der Waals surface area contributed by atoms with Crippen molar-refractivity contribution in [2.45, 2.75) is 32.2 Å². The van der Waals surface area contributed by atoms with Crippen molar-refractivity contribution in [3.63, 3.8) is 0 Å². The molecule has 1 aromatic carbocycles. The maximum absolute atomic E-state index is 13.2. The molecule has 0 atom stereocenters. The second-order valence-corrected chi connectivity index (χ2v) is 8.15. The Balaban J connectivity index is 1.90. The minimum atomic E-state index is -3.20. The zero-order valence-electron chi connectivity index (χ0n) is 13.5. The highest BCUT2D eigenvalue weighted by Gasteiger charge is 2.30. The first-order valence-electron chi connectivity index (χ1n) is 7.81. The van der Waals surface area contributed by atoms with Gasteiger partial charge in [-0.15, -0.1) is 0 Å². The zero-order chi connectivity index (χ0) is 17.0. The van der Waals surface area contributed by atoms with Gasteiger partial charge in [0.1, 0.15) is 5.82 Å². The highest BCUT2D eigenvalue weighted by Crippen LogP contribution is 2.19. The Morgan fingerprint density at radius 2 is 2.00 bits per heavy atom. The average molecular weight is 342 g/mol. The van der Waals surface area contributed by atoms with Gasteiger partial charge >= 0.3 is 0 Å². The number of likely N-dealkylation sites (tertiary alicyclic amines) is 1. The molecule has 0 radical (unpaired) electrons. The summed E-state index contributed by atoms with van der Waals surface area (Å²) in [4.78, 5) is 14.0. The van der Waals surface area contributed by atoms with Gasteiger partial charge < -0.3 is 4.90 Å². The van der Waals surface area contributed by atoms with Gasteiger partial charge in [0.2, 0.25) is 15.9 Å². The van der Waals surface area contributed by atoms with E-state index in [9.17, 15) is 17.6 Å². The van der Waals surface area contributed by atoms with E-state index in [0.717, 1.165) is 0 Å². The van der Waals surface area contributed by atoms with Gasteiger partial charge in [-0.3, -0.25) is 4.79 Å². The largest absolute Gasteiger partial charge is 0.342 e. The molecule has 0 saturated carbocycles. The summed E-state index contributed by atoms with van der Waals surface area (Å²) in [7, 11) is -1.60. The summed E-state index contributed by atoms with van der Waals surface area (Å²) in [5, 5.41) is 0. The molecule has 1 amide bonds. The van der Waals surface area contributed by atoms with E-state index < -0.39 is 10.0 Å². The average Bonchev–Trinajstić information content (AvgIpc) is 2.54. The molecule has 0 N–H and O–H groups in total. The molecule has 1 aliphatic heterocycles. The Kier molecular flexibility index (Phi) is 5.75. The van der Waals surface area contributed by atoms with Crippen molar-refractivity contribution >= 4 is 15.9 Å². The third-order valence-electron chi connectivity index (χ3n) is 4.38. The summed E-state index contributed by atoms with van der Waals surface area (Å²) in [6.07, 6.45) is 1.43. The van der Waals surface area contributed by atoms with Gasteiger partial charge in [0.15, 0.2) is 0 Å². The molecule has 0 spiro atoms. The first kappa shape index (κ1) is 17.9. The van der Waals surface area contributed by atoms with Gasteiger partial charge in [0, 0.05) is 26.2 Å². The van der Waals surface area contributed by atoms with Crippen LogP contribution >= 0.6 is 0 Å². The van der Waals surface area contributed by atoms with Gasteiger partial charge in [-0.1, -0.05) is 12.1 Å². The van der Waals surface area contributed by atoms with Crippen molar-refractivity contribution in [2.24, 2.45) is 0 Å². The molecule has 0 bridgehead atoms. The molecule has 0 aromatic heterocycles. The number of benzene rings is 1. The number of rotatable bonds is 5. The van der Waals surface area contributed by atoms with Crippen LogP contribution in [0.3, 0.4) is 0 Å². The van der Waals surface area contributed by atoms with E-state index in [2.05, 4.69) is 0 Å². The summed E-state index contributed by atoms with van der Waals surface area (Å²) in [5.74, 6) is -0.308. The normalized spacial score (nSPS) is 16.8. The van der Waals surface area contributed by atoms with Crippen molar-refractivity contribution in [2.75, 3.05) is 25.9 Å². The molecule has 5 nitrogen and oxygen atoms in total. The van der Waals surface area contributed by atoms with Crippen molar-refractivity contribution in [1.29, 1.82) is 0 Å². The Bertz CT molecular complexity index is 655. The number of amides is 1. The Hall–Kier alpha value is -1.47. The van der Waals surface area contributed by atoms with Crippen molar-refractivity contribution in [1.82, 2.24) is 9.21 Å². The molecule has 128 valence electrons. The zero-order valence-corrected chi connectivity index (χ0v) is 14.4. The van der Waals surface area contributed by atoms with E-state index in [-0.39, 0.29) is 29.9 Å². The SMILES string of the molecule is CCS(=O)(=O)N(C)C1CCN(C(=O)Cc2cccc(F)c2)CC1. The van der Waals surface area contributed by atoms with Crippen LogP contribution in [0.5, 0.6) is 0 Å². The summed E-state index contributed by atoms with van der Waals surface area (Å²) < 4.78 is 38.4. The molecule has 0 aliphatic carbocycles. The molecule has 23 heavy (non-hydrogen) atoms. The molecule has 0 unspecified atom stereocenters. The van der Waals surface area contributed by atoms with E-state index in [1.165, 1.54) is 16.4 Å². The standard InChI is InChI=1S/C16H23FN2O3S/c1-3-23(21,22)18(2)15-7-9-19(10-8-15)16(20)12-13-5-4-6-14(17)11-13/h4-6,11,15H,3,7-10,12H2,1-2H3. The Morgan fingerprint density at radius 3 is 2.57 bits per heavy atom. The molecular weight excluding hydrogens is 319 g/mol. The Morgan fingerprint density at radius 1 is 1.35 bits per heavy atom. The quantitative estimate of drug-likeness (QED) is 0.817. The summed E-state index contributed by atoms with van der Waals surface area (Å²) in [6, 6.07) is 5.98. The van der Waals surface area contributed by atoms with E-state index in [4.69, 9.17) is 0 Å². The first-order valence-corrected chi connectivity index (χ1v) is 9.42. The Labute approximate surface area is 137 Å². The maximum Gasteiger partial charge on any atom is 0.226 e. The van der Waals surface area contributed by atoms with Crippen molar-refractivity contribution in [3.05, 3.63) is 35.6 Å². The fourth-order valence-corrected chi connectivity index (χ4v) is 3.92. The van der Waals surface area contributed by atoms with Crippen LogP contribution in [0.4, 0.5) is 4.39 Å². The second kappa shape index (κ2) is 7.40. The number of nitrogens with zero attached hydrogens (tertiary/aromatic N) is 2. The second-order valence-electron chi connectivity index (χ2n) is 5.84. The maximum atomic E-state index is 13.2. The molecule has 7 heteroatoms. The number of sulfonamides is 1. The summed E-state index contributed by atoms with van der Waals surface area (Å²) in [6.45, 7) is 2.69. The van der Waals surface area contributed by atoms with Gasteiger partial charge in [0.05, 0.1) is 12.2 Å². The van der Waals surface area contributed by atoms with Crippen LogP contribution in [0.1, 0.15) is 25.3 Å². The lowest BCUT2D eigenvalue weighted by atomic mass is 10.0. The fraction of sp³-hybridized carbons (Fsp3) is 0.562. The van der Waals surface area contributed by atoms with Gasteiger partial charge in [-0.05, 0) is 37.5 Å². The smallest absolute Gasteiger partial charge is 0.226 e. The minimum Gasteiger partial charge on any atom is -0.342 e. The lowest BCUT2D eigenvalue weighted by molar-refractivity contribution is -0.131. The molecule has 2 rings (SSSR count). The predicted octanol–water partition coefficient (Wildman–Crippen LogP) is 1.64. The molecule has 1 aliphatic rings. The number of hydrogen-bond acceptors (Lipinski definition) is 3. The van der Waals surface area contributed by atoms with Crippen LogP contribution in [0, 0.1) is 5.82 Å². The lowest BCUT2D eigenvalue weighted by Crippen LogP contribution is -2.47. The number of piperidine rings is 1. The van der Waals surface area contributed by atoms with Crippen LogP contribution in [-0.4, -0.2) is 55.5 Å². The molecular formula is C16H23FN2O3S. The van der Waals surface area contributed by atoms with E-state index in [0.29, 0.717) is 31.5 Å². The first-order chi connectivity index (χ1) is 10.8. The fourth-order valence-electron chi connectivity index (χ4n) is 2.84. The monoisotopic (exact) mass is 342 g/mol. The summed E-state index contributed by atoms with van der Waals surface area (Å²) in [5.41, 5.74) is 0.655. The van der Waals surface area contributed by atoms with Crippen molar-refractivity contribution in [3.8, 4) is 0 Å². The number of carbonyl (C=O) groups is 1. The third-order valence-corrected chi connectivity index (χ3v) is 6.28. The van der Waals surface area contributed by atoms with Crippen LogP contribution < -0.4 is 0 Å². The van der Waals surface area contributed by atoms with Crippen LogP contribution in [0.25, 0.3) is 0 Å². The lowest BCUT2D eigenvalue weighted by Gasteiger charge is -2.36. The van der Waals surface area contributed by atoms with Gasteiger partial charge in [0.25, 0.3) is 0 Å². The van der Waals surface area contributed by atoms with Crippen LogP contribution in [0.15, 0.2) is 24.3 Å². The molecule has 1 heterocycles. The number of carbonyl (C=O) groups excluding carboxylic acids is 1. The van der Waals surface area contributed by atoms with Crippen molar-refractivity contribution < 1.29 is 17.6 Å². The van der Waals surface area contributed by atoms with E-state index >= 15 is 0 Å².